The van der Waals surface area contributed by atoms with E-state index in [0.29, 0.717) is 66.7 Å². The number of nitrogens with zero attached hydrogens (tertiary/aromatic N) is 3. The van der Waals surface area contributed by atoms with Crippen molar-refractivity contribution in [2.45, 2.75) is 20.8 Å². The first-order chi connectivity index (χ1) is 48.7. The zero-order valence-electron chi connectivity index (χ0n) is 55.1. The van der Waals surface area contributed by atoms with Gasteiger partial charge >= 0.3 is 0 Å². The number of rotatable bonds is 16. The molecule has 1 amide bonds. The molecule has 34 heteroatoms. The van der Waals surface area contributed by atoms with Gasteiger partial charge in [0.15, 0.2) is 33.4 Å². The van der Waals surface area contributed by atoms with Gasteiger partial charge in [0.1, 0.15) is 81.0 Å². The van der Waals surface area contributed by atoms with Crippen LogP contribution < -0.4 is 44.2 Å². The maximum absolute atomic E-state index is 14.2. The first kappa shape index (κ1) is 86.9. The number of carbonyl (C=O) groups excluding carboxylic acids is 5. The predicted octanol–water partition coefficient (Wildman–Crippen LogP) is 21.1. The number of ketones is 4. The third-order valence-corrected chi connectivity index (χ3v) is 16.7. The standard InChI is InChI=1S/C16H11ClFN3O2S.C10H8ClFN2OS.C9H7BrClFO2.3C9H8ClFO2.C7H6ClFO/c1-23-10-6-11(17)14(12(18)7-10)13-8-24-16(20-13)21-15(22)9-2-4-19-5-3-9;1-15-5-2-6(11)9(7(12)3-5)8-4-16-10(13)14-8;1-14-5-2-6(11)9(7(12)3-5)8(13)4-10;2*1-5(12)9-7(10)3-6(13-2)4-8(9)11;1-5(12)9-7(10)3-6(11)4-8(9)13-2;1-10-7-3-5(8)2-6(9)4-7/h2-8H,1H3,(H,20,21,22);2-4H,1H3,(H2,13,14);2-3H,4H2,1H3;3*3-4H,1-2H3;2-4H,1H3. The second kappa shape index (κ2) is 42.3. The molecule has 0 aliphatic heterocycles. The van der Waals surface area contributed by atoms with E-state index >= 15 is 0 Å². The van der Waals surface area contributed by atoms with Crippen LogP contribution in [0.1, 0.15) is 72.6 Å². The maximum atomic E-state index is 14.2. The van der Waals surface area contributed by atoms with Gasteiger partial charge in [-0.15, -0.1) is 22.7 Å². The summed E-state index contributed by atoms with van der Waals surface area (Å²) >= 11 is 45.7. The van der Waals surface area contributed by atoms with Crippen molar-refractivity contribution < 1.29 is 87.9 Å². The van der Waals surface area contributed by atoms with Crippen molar-refractivity contribution >= 4 is 159 Å². The van der Waals surface area contributed by atoms with Crippen molar-refractivity contribution in [3.8, 4) is 62.8 Å². The van der Waals surface area contributed by atoms with Gasteiger partial charge in [-0.25, -0.2) is 40.7 Å². The van der Waals surface area contributed by atoms with E-state index < -0.39 is 52.3 Å². The Morgan fingerprint density at radius 2 is 0.816 bits per heavy atom. The lowest BCUT2D eigenvalue weighted by Gasteiger charge is -2.07. The number of hydrogen-bond donors (Lipinski definition) is 2. The van der Waals surface area contributed by atoms with Gasteiger partial charge in [-0.3, -0.25) is 34.3 Å². The second-order valence-corrected chi connectivity index (χ2v) is 24.8. The number of pyridine rings is 1. The Balaban J connectivity index is 0.000000259. The van der Waals surface area contributed by atoms with Crippen LogP contribution in [0.25, 0.3) is 22.5 Å². The molecule has 3 aromatic heterocycles. The van der Waals surface area contributed by atoms with Crippen molar-refractivity contribution in [1.82, 2.24) is 15.0 Å². The summed E-state index contributed by atoms with van der Waals surface area (Å²) in [5.41, 5.74) is 7.05. The molecule has 0 unspecified atom stereocenters. The minimum absolute atomic E-state index is 0.0377. The van der Waals surface area contributed by atoms with Gasteiger partial charge in [0.2, 0.25) is 0 Å². The SMILES string of the molecule is COc1cc(F)c(-c2csc(N)n2)c(Cl)c1.COc1cc(F)c(-c2csc(NC(=O)c3ccncc3)n2)c(Cl)c1.COc1cc(F)c(C(=O)CBr)c(Cl)c1.COc1cc(F)c(C(C)=O)c(Cl)c1.COc1cc(F)c(C(C)=O)c(Cl)c1.COc1cc(F)cc(Cl)c1.COc1cc(F)cc(Cl)c1C(C)=O. The molecule has 0 aliphatic rings. The third-order valence-electron chi connectivity index (χ3n) is 12.7. The number of amides is 1. The molecule has 3 N–H and O–H groups in total. The molecule has 10 rings (SSSR count). The van der Waals surface area contributed by atoms with Crippen molar-refractivity contribution in [2.75, 3.05) is 66.1 Å². The van der Waals surface area contributed by atoms with Crippen LogP contribution in [0.4, 0.5) is 41.0 Å². The van der Waals surface area contributed by atoms with Gasteiger partial charge in [0.05, 0.1) is 130 Å². The number of alkyl halides is 1. The summed E-state index contributed by atoms with van der Waals surface area (Å²) in [5.74, 6) is -3.49. The highest BCUT2D eigenvalue weighted by atomic mass is 79.9. The van der Waals surface area contributed by atoms with Crippen LogP contribution >= 0.6 is 120 Å². The molecule has 0 bridgehead atoms. The molecule has 17 nitrogen and oxygen atoms in total. The Bertz CT molecular complexity index is 4440. The highest BCUT2D eigenvalue weighted by Gasteiger charge is 2.21. The average Bonchev–Trinajstić information content (AvgIpc) is 1.78. The number of nitrogens with one attached hydrogen (secondary N) is 1. The molecule has 546 valence electrons. The lowest BCUT2D eigenvalue weighted by Crippen LogP contribution is -2.11. The molecule has 10 aromatic rings. The predicted molar refractivity (Wildman–Crippen MR) is 393 cm³/mol. The van der Waals surface area contributed by atoms with Gasteiger partial charge in [0, 0.05) is 76.2 Å². The summed E-state index contributed by atoms with van der Waals surface area (Å²) in [4.78, 5) is 68.3. The fourth-order valence-corrected chi connectivity index (χ4v) is 11.7. The number of benzene rings is 7. The largest absolute Gasteiger partial charge is 0.497 e. The second-order valence-electron chi connectivity index (χ2n) is 19.6. The summed E-state index contributed by atoms with van der Waals surface area (Å²) in [6.07, 6.45) is 3.05. The van der Waals surface area contributed by atoms with Gasteiger partial charge in [-0.05, 0) is 81.4 Å². The highest BCUT2D eigenvalue weighted by molar-refractivity contribution is 9.09. The van der Waals surface area contributed by atoms with E-state index in [-0.39, 0.29) is 92.1 Å². The van der Waals surface area contributed by atoms with Crippen molar-refractivity contribution in [1.29, 1.82) is 0 Å². The monoisotopic (exact) mass is 1670 g/mol. The van der Waals surface area contributed by atoms with E-state index in [1.807, 2.05) is 0 Å². The lowest BCUT2D eigenvalue weighted by atomic mass is 10.1. The van der Waals surface area contributed by atoms with Crippen molar-refractivity contribution in [3.05, 3.63) is 230 Å². The number of aromatic nitrogens is 3. The van der Waals surface area contributed by atoms with Crippen molar-refractivity contribution in [3.63, 3.8) is 0 Å². The number of hydrogen-bond acceptors (Lipinski definition) is 18. The number of halogens is 15. The fourth-order valence-electron chi connectivity index (χ4n) is 8.05. The first-order valence-electron chi connectivity index (χ1n) is 28.4. The molecule has 0 radical (unpaired) electrons. The molecule has 0 saturated carbocycles. The number of Topliss-reactive ketones (excluding diaryl/α,β-unsaturated/α-hetero) is 4. The van der Waals surface area contributed by atoms with E-state index in [9.17, 15) is 54.7 Å². The minimum atomic E-state index is -0.668. The van der Waals surface area contributed by atoms with Crippen LogP contribution in [-0.4, -0.2) is 99.1 Å². The molecular formula is C69H56BrCl7F7N5O12S2. The number of ether oxygens (including phenoxy) is 7. The van der Waals surface area contributed by atoms with E-state index in [4.69, 9.17) is 120 Å². The van der Waals surface area contributed by atoms with Crippen LogP contribution in [0.2, 0.25) is 35.2 Å². The molecule has 0 atom stereocenters. The van der Waals surface area contributed by atoms with E-state index in [1.165, 1.54) is 160 Å². The molecule has 0 fully saturated rings. The minimum Gasteiger partial charge on any atom is -0.497 e. The molecular weight excluding hydrogens is 1620 g/mol. The van der Waals surface area contributed by atoms with Gasteiger partial charge in [-0.1, -0.05) is 97.1 Å². The van der Waals surface area contributed by atoms with Gasteiger partial charge in [0.25, 0.3) is 5.91 Å². The average molecular weight is 1670 g/mol. The zero-order valence-corrected chi connectivity index (χ0v) is 63.6. The summed E-state index contributed by atoms with van der Waals surface area (Å²) < 4.78 is 127. The van der Waals surface area contributed by atoms with Crippen LogP contribution in [-0.2, 0) is 0 Å². The zero-order chi connectivity index (χ0) is 77.1. The van der Waals surface area contributed by atoms with E-state index in [0.717, 1.165) is 30.3 Å². The molecule has 3 heterocycles. The number of carbonyl (C=O) groups is 5. The summed E-state index contributed by atoms with van der Waals surface area (Å²) in [6.45, 7) is 3.87. The molecule has 0 saturated heterocycles. The summed E-state index contributed by atoms with van der Waals surface area (Å²) in [6, 6.07) is 22.6. The quantitative estimate of drug-likeness (QED) is 0.0521. The van der Waals surface area contributed by atoms with Gasteiger partial charge in [-0.2, -0.15) is 0 Å². The van der Waals surface area contributed by atoms with Crippen molar-refractivity contribution in [2.24, 2.45) is 0 Å². The molecule has 103 heavy (non-hydrogen) atoms. The Morgan fingerprint density at radius 1 is 0.447 bits per heavy atom. The number of methoxy groups -OCH3 is 7. The van der Waals surface area contributed by atoms with E-state index in [1.54, 1.807) is 29.0 Å². The first-order valence-corrected chi connectivity index (χ1v) is 33.9. The highest BCUT2D eigenvalue weighted by Crippen LogP contribution is 2.38. The Morgan fingerprint density at radius 3 is 1.17 bits per heavy atom. The number of nitrogen functional groups attached to an aromatic ring is 1. The Kier molecular flexibility index (Phi) is 35.7. The maximum Gasteiger partial charge on any atom is 0.257 e. The number of anilines is 2. The summed E-state index contributed by atoms with van der Waals surface area (Å²) in [7, 11) is 9.91. The lowest BCUT2D eigenvalue weighted by molar-refractivity contribution is 0.100. The normalized spacial score (nSPS) is 10.1. The van der Waals surface area contributed by atoms with Crippen LogP contribution in [0.3, 0.4) is 0 Å². The fraction of sp³-hybridized carbons (Fsp3) is 0.159. The third kappa shape index (κ3) is 26.0. The topological polar surface area (TPSA) is 227 Å². The Hall–Kier alpha value is -8.48. The van der Waals surface area contributed by atoms with Crippen LogP contribution in [0.15, 0.2) is 126 Å². The number of nitrogens with two attached hydrogens (primary N) is 1. The van der Waals surface area contributed by atoms with Crippen LogP contribution in [0, 0.1) is 40.7 Å². The van der Waals surface area contributed by atoms with Gasteiger partial charge < -0.3 is 38.9 Å². The summed E-state index contributed by atoms with van der Waals surface area (Å²) in [5, 5.41) is 7.76. The smallest absolute Gasteiger partial charge is 0.257 e. The van der Waals surface area contributed by atoms with E-state index in [2.05, 4.69) is 36.2 Å². The molecule has 7 aromatic carbocycles. The van der Waals surface area contributed by atoms with Crippen LogP contribution in [0.5, 0.6) is 40.2 Å². The number of thiazole rings is 2. The Labute approximate surface area is 636 Å². The molecule has 0 spiro atoms. The molecule has 0 aliphatic carbocycles.